The van der Waals surface area contributed by atoms with Gasteiger partial charge in [0.25, 0.3) is 5.69 Å². The van der Waals surface area contributed by atoms with E-state index in [1.54, 1.807) is 46.8 Å². The van der Waals surface area contributed by atoms with Crippen molar-refractivity contribution in [1.82, 2.24) is 20.3 Å². The molecule has 0 atom stereocenters. The lowest BCUT2D eigenvalue weighted by molar-refractivity contribution is -0.383. The van der Waals surface area contributed by atoms with E-state index in [1.165, 1.54) is 24.7 Å². The number of nitrogens with zero attached hydrogens (tertiary/aromatic N) is 1. The third-order valence-electron chi connectivity index (χ3n) is 8.34. The van der Waals surface area contributed by atoms with Crippen LogP contribution in [0.15, 0.2) is 42.0 Å². The maximum atomic E-state index is 11.8. The molecule has 1 fully saturated rings. The number of aromatic amines is 3. The maximum absolute atomic E-state index is 11.8. The largest absolute Gasteiger partial charge is 0.390 e. The lowest BCUT2D eigenvalue weighted by Crippen LogP contribution is -2.15. The van der Waals surface area contributed by atoms with Crippen LogP contribution in [0.2, 0.25) is 0 Å². The van der Waals surface area contributed by atoms with Crippen molar-refractivity contribution in [2.75, 3.05) is 13.1 Å². The molecule has 3 aromatic heterocycles. The molecule has 12 nitrogen and oxygen atoms in total. The second kappa shape index (κ2) is 17.0. The molecule has 2 aromatic carbocycles. The standard InChI is InChI=1S/C12H13NO.C11H12N2O3.C11H11NO3.C2H5N.2CH4/c1-7-4-5-11-10(6-7)8(2)12(13-11)9(3)14;1-6-3-4-8-10(11(6)13(15)16)7(2)9(5-14)12-8;1-5-3-8(14)10-9(11(5)15)6(2)7(4-13)12-10;1-2-3-1;;/h4-6,13H,1-3H3;3-4,12,14H,5H2,1-2H3;3,12-13H,4H2,1-2H3;3H,1-2H2;2*1H4. The van der Waals surface area contributed by atoms with Gasteiger partial charge in [0.1, 0.15) is 0 Å². The number of ketones is 3. The lowest BCUT2D eigenvalue weighted by Gasteiger charge is -2.08. The van der Waals surface area contributed by atoms with Crippen molar-refractivity contribution in [3.05, 3.63) is 108 Å². The molecule has 0 spiro atoms. The van der Waals surface area contributed by atoms with Crippen LogP contribution < -0.4 is 5.32 Å². The second-order valence-electron chi connectivity index (χ2n) is 11.9. The van der Waals surface area contributed by atoms with E-state index in [0.717, 1.165) is 27.7 Å². The molecule has 6 N–H and O–H groups in total. The first kappa shape index (κ1) is 41.0. The molecule has 5 aromatic rings. The quantitative estimate of drug-likeness (QED) is 0.0493. The van der Waals surface area contributed by atoms with E-state index in [2.05, 4.69) is 33.3 Å². The summed E-state index contributed by atoms with van der Waals surface area (Å²) in [5, 5.41) is 33.9. The van der Waals surface area contributed by atoms with Crippen molar-refractivity contribution in [1.29, 1.82) is 0 Å². The van der Waals surface area contributed by atoms with E-state index < -0.39 is 0 Å². The number of nitro benzene ring substituents is 1. The van der Waals surface area contributed by atoms with E-state index in [0.29, 0.717) is 50.2 Å². The molecule has 1 saturated heterocycles. The Morgan fingerprint density at radius 3 is 1.96 bits per heavy atom. The number of hydrogen-bond donors (Lipinski definition) is 6. The number of benzene rings is 2. The maximum Gasteiger partial charge on any atom is 0.281 e. The normalized spacial score (nSPS) is 12.5. The molecule has 0 radical (unpaired) electrons. The molecule has 2 aliphatic rings. The Bertz CT molecular complexity index is 2090. The molecule has 4 heterocycles. The summed E-state index contributed by atoms with van der Waals surface area (Å²) in [6.07, 6.45) is 1.32. The molecule has 0 amide bonds. The molecule has 1 aliphatic heterocycles. The monoisotopic (exact) mass is 687 g/mol. The van der Waals surface area contributed by atoms with E-state index in [-0.39, 0.29) is 56.0 Å². The highest BCUT2D eigenvalue weighted by Crippen LogP contribution is 2.33. The predicted molar refractivity (Wildman–Crippen MR) is 198 cm³/mol. The van der Waals surface area contributed by atoms with Crippen molar-refractivity contribution >= 4 is 44.8 Å². The summed E-state index contributed by atoms with van der Waals surface area (Å²) in [7, 11) is 0. The molecular formula is C38H49N5O7. The van der Waals surface area contributed by atoms with Crippen molar-refractivity contribution < 1.29 is 29.5 Å². The van der Waals surface area contributed by atoms with Gasteiger partial charge in [0, 0.05) is 53.4 Å². The first-order chi connectivity index (χ1) is 22.7. The minimum atomic E-state index is -0.375. The Balaban J connectivity index is 0.000000244. The number of allylic oxidation sites excluding steroid dienone is 2. The van der Waals surface area contributed by atoms with Crippen molar-refractivity contribution in [3.8, 4) is 0 Å². The average molecular weight is 688 g/mol. The molecule has 268 valence electrons. The smallest absolute Gasteiger partial charge is 0.281 e. The second-order valence-corrected chi connectivity index (χ2v) is 11.9. The molecular weight excluding hydrogens is 638 g/mol. The van der Waals surface area contributed by atoms with Gasteiger partial charge in [-0.05, 0) is 82.5 Å². The summed E-state index contributed by atoms with van der Waals surface area (Å²) in [6.45, 7) is 14.6. The van der Waals surface area contributed by atoms with Gasteiger partial charge in [-0.2, -0.15) is 0 Å². The molecule has 0 bridgehead atoms. The third kappa shape index (κ3) is 8.51. The SMILES string of the molecule is C.C.C1CN1.CC(=O)c1[nH]c2ccc(C)cc2c1C.CC1=CC(=O)c2[nH]c(CO)c(C)c2C1=O.Cc1ccc2[nH]c(CO)c(C)c2c1[N+](=O)[O-]. The van der Waals surface area contributed by atoms with E-state index in [4.69, 9.17) is 10.2 Å². The van der Waals surface area contributed by atoms with Gasteiger partial charge in [0.2, 0.25) is 5.78 Å². The number of hydrogen-bond acceptors (Lipinski definition) is 8. The van der Waals surface area contributed by atoms with E-state index in [1.807, 2.05) is 19.1 Å². The van der Waals surface area contributed by atoms with Gasteiger partial charge >= 0.3 is 0 Å². The van der Waals surface area contributed by atoms with Crippen molar-refractivity contribution in [3.63, 3.8) is 0 Å². The van der Waals surface area contributed by atoms with Crippen LogP contribution in [-0.2, 0) is 13.2 Å². The van der Waals surface area contributed by atoms with Gasteiger partial charge in [-0.15, -0.1) is 0 Å². The number of aromatic nitrogens is 3. The van der Waals surface area contributed by atoms with Gasteiger partial charge in [-0.25, -0.2) is 0 Å². The summed E-state index contributed by atoms with van der Waals surface area (Å²) in [5.41, 5.74) is 9.19. The number of nitrogens with one attached hydrogen (secondary N) is 4. The van der Waals surface area contributed by atoms with Gasteiger partial charge in [0.15, 0.2) is 11.6 Å². The number of H-pyrrole nitrogens is 3. The van der Waals surface area contributed by atoms with Crippen LogP contribution in [0.5, 0.6) is 0 Å². The first-order valence-corrected chi connectivity index (χ1v) is 15.5. The molecule has 50 heavy (non-hydrogen) atoms. The summed E-state index contributed by atoms with van der Waals surface area (Å²) in [5.74, 6) is -0.251. The minimum absolute atomic E-state index is 0. The summed E-state index contributed by atoms with van der Waals surface area (Å²) < 4.78 is 0. The summed E-state index contributed by atoms with van der Waals surface area (Å²) in [6, 6.07) is 9.67. The molecule has 0 unspecified atom stereocenters. The Morgan fingerprint density at radius 1 is 0.840 bits per heavy atom. The van der Waals surface area contributed by atoms with Crippen LogP contribution in [0.1, 0.15) is 99.2 Å². The average Bonchev–Trinajstić information content (AvgIpc) is 3.78. The lowest BCUT2D eigenvalue weighted by atomic mass is 9.93. The van der Waals surface area contributed by atoms with Crippen molar-refractivity contribution in [2.45, 2.75) is 76.5 Å². The van der Waals surface area contributed by atoms with Crippen LogP contribution >= 0.6 is 0 Å². The highest BCUT2D eigenvalue weighted by molar-refractivity contribution is 6.24. The van der Waals surface area contributed by atoms with E-state index in [9.17, 15) is 24.5 Å². The Morgan fingerprint density at radius 2 is 1.42 bits per heavy atom. The number of fused-ring (bicyclic) bond motifs is 3. The van der Waals surface area contributed by atoms with E-state index >= 15 is 0 Å². The zero-order valence-electron chi connectivity index (χ0n) is 28.2. The van der Waals surface area contributed by atoms with Crippen LogP contribution in [-0.4, -0.2) is 60.5 Å². The van der Waals surface area contributed by atoms with Crippen molar-refractivity contribution in [2.24, 2.45) is 0 Å². The molecule has 12 heteroatoms. The van der Waals surface area contributed by atoms with Gasteiger partial charge < -0.3 is 30.5 Å². The van der Waals surface area contributed by atoms with Crippen LogP contribution in [0.3, 0.4) is 0 Å². The van der Waals surface area contributed by atoms with Gasteiger partial charge in [0.05, 0.1) is 46.0 Å². The minimum Gasteiger partial charge on any atom is -0.390 e. The zero-order chi connectivity index (χ0) is 35.4. The van der Waals surface area contributed by atoms with Crippen LogP contribution in [0, 0.1) is 44.7 Å². The summed E-state index contributed by atoms with van der Waals surface area (Å²) in [4.78, 5) is 54.2. The predicted octanol–water partition coefficient (Wildman–Crippen LogP) is 7.18. The number of nitro groups is 1. The highest BCUT2D eigenvalue weighted by Gasteiger charge is 2.28. The number of aliphatic hydroxyl groups excluding tert-OH is 2. The topological polar surface area (TPSA) is 204 Å². The number of rotatable bonds is 4. The Labute approximate surface area is 292 Å². The third-order valence-corrected chi connectivity index (χ3v) is 8.34. The Kier molecular flexibility index (Phi) is 13.9. The number of carbonyl (C=O) groups is 3. The number of aliphatic hydroxyl groups is 2. The van der Waals surface area contributed by atoms with Gasteiger partial charge in [-0.1, -0.05) is 32.5 Å². The van der Waals surface area contributed by atoms with Crippen LogP contribution in [0.4, 0.5) is 5.69 Å². The number of Topliss-reactive ketones (excluding diaryl/α,β-unsaturated/α-hetero) is 2. The number of carbonyl (C=O) groups excluding carboxylic acids is 3. The molecule has 0 saturated carbocycles. The zero-order valence-corrected chi connectivity index (χ0v) is 28.2. The van der Waals surface area contributed by atoms with Crippen LogP contribution in [0.25, 0.3) is 21.8 Å². The molecule has 1 aliphatic carbocycles. The number of aryl methyl sites for hydroxylation is 4. The first-order valence-electron chi connectivity index (χ1n) is 15.5. The molecule has 7 rings (SSSR count). The summed E-state index contributed by atoms with van der Waals surface area (Å²) >= 11 is 0. The highest BCUT2D eigenvalue weighted by atomic mass is 16.6. The fourth-order valence-corrected chi connectivity index (χ4v) is 5.58. The van der Waals surface area contributed by atoms with Gasteiger partial charge in [-0.3, -0.25) is 24.5 Å². The fraction of sp³-hybridized carbons (Fsp3) is 0.342. The fourth-order valence-electron chi connectivity index (χ4n) is 5.58. The Hall–Kier alpha value is -5.17.